The number of carbonyl (C=O) groups excluding carboxylic acids is 2. The van der Waals surface area contributed by atoms with Crippen LogP contribution in [0.1, 0.15) is 24.2 Å². The number of ether oxygens (including phenoxy) is 4. The van der Waals surface area contributed by atoms with E-state index >= 15 is 0 Å². The van der Waals surface area contributed by atoms with E-state index in [1.54, 1.807) is 24.3 Å². The molecule has 2 aromatic carbocycles. The van der Waals surface area contributed by atoms with Gasteiger partial charge in [0.25, 0.3) is 5.91 Å². The topological polar surface area (TPSA) is 108 Å². The molecule has 1 atom stereocenters. The second kappa shape index (κ2) is 9.53. The number of aromatic nitrogens is 1. The first-order chi connectivity index (χ1) is 15.9. The number of methoxy groups -OCH3 is 2. The van der Waals surface area contributed by atoms with Gasteiger partial charge in [0.05, 0.1) is 24.4 Å². The van der Waals surface area contributed by atoms with Gasteiger partial charge in [0.15, 0.2) is 16.6 Å². The summed E-state index contributed by atoms with van der Waals surface area (Å²) in [5.41, 5.74) is 1.03. The Labute approximate surface area is 195 Å². The number of hydrogen-bond acceptors (Lipinski definition) is 8. The average molecular weight is 472 g/mol. The number of thiazole rings is 1. The molecule has 0 bridgehead atoms. The van der Waals surface area contributed by atoms with Crippen molar-refractivity contribution in [3.8, 4) is 23.0 Å². The molecular formula is C23H25N3O6S. The third kappa shape index (κ3) is 4.95. The lowest BCUT2D eigenvalue weighted by molar-refractivity contribution is -0.118. The maximum Gasteiger partial charge on any atom is 0.252 e. The minimum absolute atomic E-state index is 0.162. The summed E-state index contributed by atoms with van der Waals surface area (Å²) >= 11 is 1.33. The molecule has 0 fully saturated rings. The van der Waals surface area contributed by atoms with Crippen LogP contribution in [0.25, 0.3) is 10.2 Å². The van der Waals surface area contributed by atoms with E-state index in [2.05, 4.69) is 15.6 Å². The molecule has 1 unspecified atom stereocenters. The summed E-state index contributed by atoms with van der Waals surface area (Å²) in [5, 5.41) is 6.07. The van der Waals surface area contributed by atoms with Crippen LogP contribution in [0.4, 0.5) is 5.13 Å². The Balaban J connectivity index is 1.51. The number of amides is 2. The van der Waals surface area contributed by atoms with Crippen LogP contribution in [0.15, 0.2) is 30.3 Å². The highest BCUT2D eigenvalue weighted by atomic mass is 32.1. The summed E-state index contributed by atoms with van der Waals surface area (Å²) in [6.45, 7) is 4.70. The van der Waals surface area contributed by atoms with Gasteiger partial charge in [0, 0.05) is 23.8 Å². The van der Waals surface area contributed by atoms with Crippen molar-refractivity contribution in [1.82, 2.24) is 10.3 Å². The Bertz CT molecular complexity index is 1130. The van der Waals surface area contributed by atoms with Gasteiger partial charge in [-0.3, -0.25) is 9.59 Å². The molecule has 174 valence electrons. The number of rotatable bonds is 7. The number of carbonyl (C=O) groups is 2. The highest BCUT2D eigenvalue weighted by Crippen LogP contribution is 2.37. The van der Waals surface area contributed by atoms with Crippen LogP contribution >= 0.6 is 11.3 Å². The maximum atomic E-state index is 13.0. The second-order valence-corrected chi connectivity index (χ2v) is 8.80. The third-order valence-electron chi connectivity index (χ3n) is 5.13. The molecule has 9 nitrogen and oxygen atoms in total. The number of nitrogens with zero attached hydrogens (tertiary/aromatic N) is 1. The molecule has 10 heteroatoms. The zero-order valence-electron chi connectivity index (χ0n) is 18.8. The first-order valence-electron chi connectivity index (χ1n) is 10.4. The molecule has 1 aliphatic heterocycles. The predicted molar refractivity (Wildman–Crippen MR) is 125 cm³/mol. The number of anilines is 1. The summed E-state index contributed by atoms with van der Waals surface area (Å²) in [5.74, 6) is 1.33. The zero-order valence-corrected chi connectivity index (χ0v) is 19.6. The van der Waals surface area contributed by atoms with Gasteiger partial charge in [-0.25, -0.2) is 4.98 Å². The van der Waals surface area contributed by atoms with Crippen LogP contribution in [0.3, 0.4) is 0 Å². The molecule has 0 aliphatic carbocycles. The van der Waals surface area contributed by atoms with Crippen molar-refractivity contribution in [2.45, 2.75) is 19.9 Å². The minimum atomic E-state index is -0.776. The molecule has 0 spiro atoms. The van der Waals surface area contributed by atoms with Gasteiger partial charge in [-0.15, -0.1) is 0 Å². The van der Waals surface area contributed by atoms with Crippen LogP contribution in [0.5, 0.6) is 23.0 Å². The molecule has 2 heterocycles. The fourth-order valence-corrected chi connectivity index (χ4v) is 4.28. The van der Waals surface area contributed by atoms with Crippen molar-refractivity contribution >= 4 is 38.5 Å². The first kappa shape index (κ1) is 22.7. The number of benzene rings is 2. The van der Waals surface area contributed by atoms with Crippen molar-refractivity contribution < 1.29 is 28.5 Å². The fourth-order valence-electron chi connectivity index (χ4n) is 3.40. The van der Waals surface area contributed by atoms with Crippen LogP contribution in [-0.2, 0) is 4.79 Å². The van der Waals surface area contributed by atoms with Gasteiger partial charge < -0.3 is 29.6 Å². The van der Waals surface area contributed by atoms with Gasteiger partial charge >= 0.3 is 0 Å². The number of hydrogen-bond donors (Lipinski definition) is 2. The first-order valence-corrected chi connectivity index (χ1v) is 11.2. The Hall–Kier alpha value is -3.53. The molecule has 2 N–H and O–H groups in total. The number of fused-ring (bicyclic) bond motifs is 2. The van der Waals surface area contributed by atoms with Crippen molar-refractivity contribution in [2.24, 2.45) is 5.92 Å². The molecule has 3 aromatic rings. The lowest BCUT2D eigenvalue weighted by Gasteiger charge is -2.21. The van der Waals surface area contributed by atoms with Crippen LogP contribution in [-0.4, -0.2) is 50.3 Å². The molecular weight excluding hydrogens is 446 g/mol. The quantitative estimate of drug-likeness (QED) is 0.543. The summed E-state index contributed by atoms with van der Waals surface area (Å²) in [6, 6.07) is 7.73. The van der Waals surface area contributed by atoms with Gasteiger partial charge in [-0.1, -0.05) is 25.2 Å². The van der Waals surface area contributed by atoms with Crippen LogP contribution in [0, 0.1) is 5.92 Å². The summed E-state index contributed by atoms with van der Waals surface area (Å²) < 4.78 is 22.5. The molecule has 0 saturated heterocycles. The van der Waals surface area contributed by atoms with E-state index < -0.39 is 11.9 Å². The van der Waals surface area contributed by atoms with Crippen molar-refractivity contribution in [2.75, 3.05) is 32.8 Å². The largest absolute Gasteiger partial charge is 0.497 e. The van der Waals surface area contributed by atoms with Crippen molar-refractivity contribution in [3.05, 3.63) is 35.9 Å². The summed E-state index contributed by atoms with van der Waals surface area (Å²) in [4.78, 5) is 30.4. The van der Waals surface area contributed by atoms with E-state index in [0.29, 0.717) is 52.4 Å². The predicted octanol–water partition coefficient (Wildman–Crippen LogP) is 3.48. The van der Waals surface area contributed by atoms with E-state index in [1.807, 2.05) is 19.9 Å². The molecule has 0 radical (unpaired) electrons. The smallest absolute Gasteiger partial charge is 0.252 e. The molecule has 33 heavy (non-hydrogen) atoms. The zero-order chi connectivity index (χ0) is 23.5. The lowest BCUT2D eigenvalue weighted by Crippen LogP contribution is -2.47. The van der Waals surface area contributed by atoms with E-state index in [-0.39, 0.29) is 11.8 Å². The van der Waals surface area contributed by atoms with E-state index in [4.69, 9.17) is 18.9 Å². The highest BCUT2D eigenvalue weighted by molar-refractivity contribution is 7.22. The third-order valence-corrected chi connectivity index (χ3v) is 6.07. The van der Waals surface area contributed by atoms with Gasteiger partial charge in [-0.2, -0.15) is 0 Å². The Morgan fingerprint density at radius 2 is 1.64 bits per heavy atom. The van der Waals surface area contributed by atoms with E-state index in [1.165, 1.54) is 25.6 Å². The molecule has 0 saturated carbocycles. The van der Waals surface area contributed by atoms with E-state index in [0.717, 1.165) is 4.70 Å². The lowest BCUT2D eigenvalue weighted by atomic mass is 10.0. The molecule has 4 rings (SSSR count). The highest BCUT2D eigenvalue weighted by Gasteiger charge is 2.26. The van der Waals surface area contributed by atoms with E-state index in [9.17, 15) is 9.59 Å². The van der Waals surface area contributed by atoms with Crippen LogP contribution < -0.4 is 29.6 Å². The number of nitrogens with one attached hydrogen (secondary N) is 2. The molecule has 1 aromatic heterocycles. The fraction of sp³-hybridized carbons (Fsp3) is 0.348. The molecule has 1 aliphatic rings. The van der Waals surface area contributed by atoms with Crippen LogP contribution in [0.2, 0.25) is 0 Å². The summed E-state index contributed by atoms with van der Waals surface area (Å²) in [7, 11) is 3.01. The van der Waals surface area contributed by atoms with Crippen molar-refractivity contribution in [1.29, 1.82) is 0 Å². The Kier molecular flexibility index (Phi) is 6.55. The van der Waals surface area contributed by atoms with Gasteiger partial charge in [-0.05, 0) is 18.1 Å². The Morgan fingerprint density at radius 1 is 1.00 bits per heavy atom. The average Bonchev–Trinajstić information content (AvgIpc) is 3.20. The SMILES string of the molecule is COc1cc(OC)cc(C(=O)NC(C(=O)Nc2nc3cc4c(cc3s2)OCCO4)C(C)C)c1. The normalized spacial score (nSPS) is 13.5. The maximum absolute atomic E-state index is 13.0. The molecule has 2 amide bonds. The second-order valence-electron chi connectivity index (χ2n) is 7.77. The van der Waals surface area contributed by atoms with Crippen molar-refractivity contribution in [3.63, 3.8) is 0 Å². The standard InChI is InChI=1S/C23H25N3O6S/c1-12(2)20(25-21(27)13-7-14(29-3)9-15(8-13)30-4)22(28)26-23-24-16-10-17-18(11-19(16)33-23)32-6-5-31-17/h7-12,20H,5-6H2,1-4H3,(H,25,27)(H,24,26,28). The van der Waals surface area contributed by atoms with Gasteiger partial charge in [0.1, 0.15) is 30.8 Å². The van der Waals surface area contributed by atoms with Gasteiger partial charge in [0.2, 0.25) is 5.91 Å². The monoisotopic (exact) mass is 471 g/mol. The minimum Gasteiger partial charge on any atom is -0.497 e. The summed E-state index contributed by atoms with van der Waals surface area (Å²) in [6.07, 6.45) is 0. The Morgan fingerprint density at radius 3 is 2.24 bits per heavy atom.